The predicted octanol–water partition coefficient (Wildman–Crippen LogP) is 5.69. The Bertz CT molecular complexity index is 731. The van der Waals surface area contributed by atoms with Crippen LogP contribution >= 0.6 is 0 Å². The summed E-state index contributed by atoms with van der Waals surface area (Å²) in [6.07, 6.45) is 11.1. The molecular weight excluding hydrogens is 358 g/mol. The first-order chi connectivity index (χ1) is 13.5. The molecule has 4 aliphatic carbocycles. The van der Waals surface area contributed by atoms with E-state index in [1.54, 1.807) is 0 Å². The third kappa shape index (κ3) is 3.41. The standard InChI is InChI=1S/C26H41NO2/c1-16(23(29)27-24(2,3)4)20-9-10-21-19-8-7-17-15-18(28)11-13-25(17,5)22(19)12-14-26(20,21)6/h15-16,19-22H,7-14H2,1-6H3,(H,27,29)/t16-,19-,20+,21-,22-,25-,26+/m0/s1. The SMILES string of the molecule is C[C@H](C(=O)NC(C)(C)C)[C@H]1CC[C@H]2[C@@H]3CCC4=CC(=O)CC[C@]4(C)[C@H]3CC[C@]12C. The first-order valence-electron chi connectivity index (χ1n) is 12.0. The molecule has 29 heavy (non-hydrogen) atoms. The summed E-state index contributed by atoms with van der Waals surface area (Å²) in [6, 6.07) is 0. The summed E-state index contributed by atoms with van der Waals surface area (Å²) >= 11 is 0. The molecule has 1 N–H and O–H groups in total. The molecule has 4 aliphatic rings. The normalized spacial score (nSPS) is 43.0. The Morgan fingerprint density at radius 3 is 2.48 bits per heavy atom. The molecular formula is C26H41NO2. The lowest BCUT2D eigenvalue weighted by molar-refractivity contribution is -0.131. The number of ketones is 1. The number of fused-ring (bicyclic) bond motifs is 5. The molecule has 162 valence electrons. The zero-order valence-corrected chi connectivity index (χ0v) is 19.4. The van der Waals surface area contributed by atoms with Crippen molar-refractivity contribution < 1.29 is 9.59 Å². The van der Waals surface area contributed by atoms with E-state index in [-0.39, 0.29) is 28.2 Å². The van der Waals surface area contributed by atoms with Gasteiger partial charge < -0.3 is 5.32 Å². The second-order valence-corrected chi connectivity index (χ2v) is 12.2. The molecule has 3 saturated carbocycles. The van der Waals surface area contributed by atoms with Gasteiger partial charge in [0.25, 0.3) is 0 Å². The smallest absolute Gasteiger partial charge is 0.223 e. The molecule has 0 saturated heterocycles. The lowest BCUT2D eigenvalue weighted by atomic mass is 9.46. The fraction of sp³-hybridized carbons (Fsp3) is 0.846. The fourth-order valence-corrected chi connectivity index (χ4v) is 8.09. The number of allylic oxidation sites excluding steroid dienone is 1. The second kappa shape index (κ2) is 6.95. The summed E-state index contributed by atoms with van der Waals surface area (Å²) in [5, 5.41) is 3.23. The topological polar surface area (TPSA) is 46.2 Å². The van der Waals surface area contributed by atoms with Crippen molar-refractivity contribution in [1.82, 2.24) is 5.32 Å². The van der Waals surface area contributed by atoms with Gasteiger partial charge in [-0.1, -0.05) is 26.3 Å². The molecule has 0 radical (unpaired) electrons. The number of carbonyl (C=O) groups excluding carboxylic acids is 2. The van der Waals surface area contributed by atoms with Crippen LogP contribution in [0.2, 0.25) is 0 Å². The Morgan fingerprint density at radius 1 is 1.07 bits per heavy atom. The minimum Gasteiger partial charge on any atom is -0.351 e. The van der Waals surface area contributed by atoms with Gasteiger partial charge in [-0.15, -0.1) is 0 Å². The first-order valence-corrected chi connectivity index (χ1v) is 12.0. The third-order valence-corrected chi connectivity index (χ3v) is 9.55. The zero-order valence-electron chi connectivity index (χ0n) is 19.4. The number of hydrogen-bond acceptors (Lipinski definition) is 2. The largest absolute Gasteiger partial charge is 0.351 e. The van der Waals surface area contributed by atoms with Crippen molar-refractivity contribution in [2.45, 2.75) is 98.4 Å². The Kier molecular flexibility index (Phi) is 5.07. The van der Waals surface area contributed by atoms with Crippen LogP contribution in [0.4, 0.5) is 0 Å². The molecule has 0 spiro atoms. The van der Waals surface area contributed by atoms with Gasteiger partial charge in [0.15, 0.2) is 5.78 Å². The van der Waals surface area contributed by atoms with E-state index < -0.39 is 0 Å². The molecule has 0 unspecified atom stereocenters. The highest BCUT2D eigenvalue weighted by Crippen LogP contribution is 2.67. The zero-order chi connectivity index (χ0) is 21.2. The molecule has 3 fully saturated rings. The van der Waals surface area contributed by atoms with Crippen LogP contribution in [0.1, 0.15) is 92.9 Å². The van der Waals surface area contributed by atoms with Crippen LogP contribution in [0, 0.1) is 40.4 Å². The highest BCUT2D eigenvalue weighted by atomic mass is 16.2. The van der Waals surface area contributed by atoms with Crippen molar-refractivity contribution in [1.29, 1.82) is 0 Å². The van der Waals surface area contributed by atoms with Crippen molar-refractivity contribution in [3.8, 4) is 0 Å². The van der Waals surface area contributed by atoms with E-state index in [2.05, 4.69) is 46.9 Å². The van der Waals surface area contributed by atoms with Crippen LogP contribution in [0.25, 0.3) is 0 Å². The number of rotatable bonds is 2. The van der Waals surface area contributed by atoms with Crippen molar-refractivity contribution in [3.05, 3.63) is 11.6 Å². The number of hydrogen-bond donors (Lipinski definition) is 1. The van der Waals surface area contributed by atoms with Gasteiger partial charge in [-0.2, -0.15) is 0 Å². The van der Waals surface area contributed by atoms with Gasteiger partial charge >= 0.3 is 0 Å². The van der Waals surface area contributed by atoms with E-state index in [0.717, 1.165) is 37.0 Å². The number of amides is 1. The van der Waals surface area contributed by atoms with Crippen molar-refractivity contribution in [2.75, 3.05) is 0 Å². The fourth-order valence-electron chi connectivity index (χ4n) is 8.09. The molecule has 1 amide bonds. The van der Waals surface area contributed by atoms with E-state index in [1.807, 2.05) is 6.08 Å². The number of carbonyl (C=O) groups is 2. The van der Waals surface area contributed by atoms with Crippen molar-refractivity contribution in [3.63, 3.8) is 0 Å². The molecule has 0 aliphatic heterocycles. The molecule has 0 aromatic carbocycles. The summed E-state index contributed by atoms with van der Waals surface area (Å²) in [4.78, 5) is 25.0. The van der Waals surface area contributed by atoms with Gasteiger partial charge in [-0.25, -0.2) is 0 Å². The van der Waals surface area contributed by atoms with Crippen LogP contribution in [0.3, 0.4) is 0 Å². The predicted molar refractivity (Wildman–Crippen MR) is 117 cm³/mol. The Morgan fingerprint density at radius 2 is 1.79 bits per heavy atom. The average Bonchev–Trinajstić information content (AvgIpc) is 2.97. The van der Waals surface area contributed by atoms with Gasteiger partial charge in [0.1, 0.15) is 0 Å². The highest BCUT2D eigenvalue weighted by Gasteiger charge is 2.60. The molecule has 3 nitrogen and oxygen atoms in total. The summed E-state index contributed by atoms with van der Waals surface area (Å²) in [5.74, 6) is 3.40. The van der Waals surface area contributed by atoms with Gasteiger partial charge in [-0.3, -0.25) is 9.59 Å². The van der Waals surface area contributed by atoms with Crippen LogP contribution in [-0.4, -0.2) is 17.2 Å². The average molecular weight is 400 g/mol. The molecule has 0 bridgehead atoms. The van der Waals surface area contributed by atoms with Crippen LogP contribution in [0.5, 0.6) is 0 Å². The second-order valence-electron chi connectivity index (χ2n) is 12.2. The van der Waals surface area contributed by atoms with Gasteiger partial charge in [0, 0.05) is 17.9 Å². The van der Waals surface area contributed by atoms with E-state index in [4.69, 9.17) is 0 Å². The molecule has 0 aromatic rings. The van der Waals surface area contributed by atoms with E-state index in [9.17, 15) is 9.59 Å². The van der Waals surface area contributed by atoms with Crippen molar-refractivity contribution >= 4 is 11.7 Å². The molecule has 0 aromatic heterocycles. The maximum absolute atomic E-state index is 13.0. The molecule has 0 heterocycles. The van der Waals surface area contributed by atoms with Crippen molar-refractivity contribution in [2.24, 2.45) is 40.4 Å². The van der Waals surface area contributed by atoms with E-state index in [0.29, 0.717) is 11.7 Å². The maximum Gasteiger partial charge on any atom is 0.223 e. The van der Waals surface area contributed by atoms with Crippen LogP contribution in [0.15, 0.2) is 11.6 Å². The quantitative estimate of drug-likeness (QED) is 0.649. The minimum absolute atomic E-state index is 0.0858. The van der Waals surface area contributed by atoms with Gasteiger partial charge in [0.2, 0.25) is 5.91 Å². The first kappa shape index (κ1) is 21.1. The third-order valence-electron chi connectivity index (χ3n) is 9.55. The minimum atomic E-state index is -0.166. The monoisotopic (exact) mass is 399 g/mol. The summed E-state index contributed by atoms with van der Waals surface area (Å²) in [6.45, 7) is 13.3. The lowest BCUT2D eigenvalue weighted by Gasteiger charge is -2.58. The van der Waals surface area contributed by atoms with Crippen LogP contribution in [-0.2, 0) is 9.59 Å². The maximum atomic E-state index is 13.0. The van der Waals surface area contributed by atoms with Gasteiger partial charge in [-0.05, 0) is 106 Å². The van der Waals surface area contributed by atoms with Gasteiger partial charge in [0.05, 0.1) is 0 Å². The molecule has 4 rings (SSSR count). The Balaban J connectivity index is 1.55. The Labute approximate surface area is 177 Å². The molecule has 3 heteroatoms. The lowest BCUT2D eigenvalue weighted by Crippen LogP contribution is -2.52. The summed E-state index contributed by atoms with van der Waals surface area (Å²) in [5.41, 5.74) is 1.82. The van der Waals surface area contributed by atoms with E-state index >= 15 is 0 Å². The van der Waals surface area contributed by atoms with E-state index in [1.165, 1.54) is 37.7 Å². The van der Waals surface area contributed by atoms with Crippen LogP contribution < -0.4 is 5.32 Å². The number of nitrogens with one attached hydrogen (secondary N) is 1. The Hall–Kier alpha value is -1.12. The summed E-state index contributed by atoms with van der Waals surface area (Å²) in [7, 11) is 0. The molecule has 7 atom stereocenters. The summed E-state index contributed by atoms with van der Waals surface area (Å²) < 4.78 is 0. The highest BCUT2D eigenvalue weighted by molar-refractivity contribution is 5.91.